The van der Waals surface area contributed by atoms with Gasteiger partial charge in [-0.25, -0.2) is 4.39 Å². The maximum absolute atomic E-state index is 13.0. The third-order valence-electron chi connectivity index (χ3n) is 1.86. The standard InChI is InChI=1S/C11H13BrClFS/c1-8(5-13)6-15-7-9-2-10(12)4-11(14)3-9/h2-4,8H,5-7H2,1H3. The lowest BCUT2D eigenvalue weighted by atomic mass is 10.2. The van der Waals surface area contributed by atoms with E-state index in [1.165, 1.54) is 6.07 Å². The van der Waals surface area contributed by atoms with Gasteiger partial charge in [0.25, 0.3) is 0 Å². The zero-order chi connectivity index (χ0) is 11.3. The van der Waals surface area contributed by atoms with E-state index in [1.54, 1.807) is 17.8 Å². The molecule has 4 heteroatoms. The van der Waals surface area contributed by atoms with E-state index < -0.39 is 0 Å². The summed E-state index contributed by atoms with van der Waals surface area (Å²) in [5.41, 5.74) is 1.01. The fourth-order valence-electron chi connectivity index (χ4n) is 1.12. The van der Waals surface area contributed by atoms with Crippen molar-refractivity contribution in [3.05, 3.63) is 34.1 Å². The number of benzene rings is 1. The first kappa shape index (κ1) is 13.3. The summed E-state index contributed by atoms with van der Waals surface area (Å²) < 4.78 is 13.8. The van der Waals surface area contributed by atoms with Crippen LogP contribution in [0.15, 0.2) is 22.7 Å². The molecule has 0 N–H and O–H groups in total. The van der Waals surface area contributed by atoms with E-state index in [-0.39, 0.29) is 5.82 Å². The van der Waals surface area contributed by atoms with Crippen molar-refractivity contribution in [2.24, 2.45) is 5.92 Å². The summed E-state index contributed by atoms with van der Waals surface area (Å²) in [6, 6.07) is 4.99. The highest BCUT2D eigenvalue weighted by Crippen LogP contribution is 2.20. The lowest BCUT2D eigenvalue weighted by molar-refractivity contribution is 0.625. The van der Waals surface area contributed by atoms with Gasteiger partial charge in [0, 0.05) is 16.1 Å². The van der Waals surface area contributed by atoms with Crippen LogP contribution in [0.5, 0.6) is 0 Å². The Morgan fingerprint density at radius 1 is 1.47 bits per heavy atom. The Kier molecular flexibility index (Phi) is 6.02. The largest absolute Gasteiger partial charge is 0.207 e. The molecule has 0 nitrogen and oxygen atoms in total. The Balaban J connectivity index is 2.43. The van der Waals surface area contributed by atoms with Crippen LogP contribution in [0.4, 0.5) is 4.39 Å². The number of alkyl halides is 1. The van der Waals surface area contributed by atoms with Gasteiger partial charge in [-0.15, -0.1) is 11.6 Å². The number of rotatable bonds is 5. The van der Waals surface area contributed by atoms with E-state index in [1.807, 2.05) is 6.07 Å². The van der Waals surface area contributed by atoms with Gasteiger partial charge in [0.2, 0.25) is 0 Å². The van der Waals surface area contributed by atoms with E-state index in [0.29, 0.717) is 11.8 Å². The van der Waals surface area contributed by atoms with Gasteiger partial charge >= 0.3 is 0 Å². The molecule has 15 heavy (non-hydrogen) atoms. The van der Waals surface area contributed by atoms with Crippen molar-refractivity contribution in [2.45, 2.75) is 12.7 Å². The van der Waals surface area contributed by atoms with Crippen molar-refractivity contribution in [1.82, 2.24) is 0 Å². The Morgan fingerprint density at radius 3 is 2.80 bits per heavy atom. The molecular weight excluding hydrogens is 299 g/mol. The molecule has 0 saturated heterocycles. The van der Waals surface area contributed by atoms with Gasteiger partial charge < -0.3 is 0 Å². The molecule has 0 aliphatic rings. The number of hydrogen-bond acceptors (Lipinski definition) is 1. The van der Waals surface area contributed by atoms with E-state index in [0.717, 1.165) is 21.5 Å². The fraction of sp³-hybridized carbons (Fsp3) is 0.455. The topological polar surface area (TPSA) is 0 Å². The number of hydrogen-bond donors (Lipinski definition) is 0. The molecular formula is C11H13BrClFS. The summed E-state index contributed by atoms with van der Waals surface area (Å²) in [5, 5.41) is 0. The molecule has 1 aromatic carbocycles. The van der Waals surface area contributed by atoms with Crippen molar-refractivity contribution >= 4 is 39.3 Å². The smallest absolute Gasteiger partial charge is 0.124 e. The van der Waals surface area contributed by atoms with Crippen molar-refractivity contribution < 1.29 is 4.39 Å². The maximum atomic E-state index is 13.0. The van der Waals surface area contributed by atoms with Gasteiger partial charge in [-0.1, -0.05) is 22.9 Å². The van der Waals surface area contributed by atoms with Crippen LogP contribution in [0, 0.1) is 11.7 Å². The van der Waals surface area contributed by atoms with Crippen LogP contribution in [0.3, 0.4) is 0 Å². The molecule has 0 saturated carbocycles. The summed E-state index contributed by atoms with van der Waals surface area (Å²) in [4.78, 5) is 0. The van der Waals surface area contributed by atoms with Gasteiger partial charge in [-0.05, 0) is 35.4 Å². The summed E-state index contributed by atoms with van der Waals surface area (Å²) >= 11 is 10.8. The minimum atomic E-state index is -0.189. The number of halogens is 3. The first-order chi connectivity index (χ1) is 7.11. The molecule has 0 fully saturated rings. The minimum absolute atomic E-state index is 0.189. The van der Waals surface area contributed by atoms with E-state index in [4.69, 9.17) is 11.6 Å². The maximum Gasteiger partial charge on any atom is 0.124 e. The highest BCUT2D eigenvalue weighted by molar-refractivity contribution is 9.10. The summed E-state index contributed by atoms with van der Waals surface area (Å²) in [6.07, 6.45) is 0. The zero-order valence-corrected chi connectivity index (χ0v) is 11.6. The van der Waals surface area contributed by atoms with Gasteiger partial charge in [0.15, 0.2) is 0 Å². The van der Waals surface area contributed by atoms with Crippen molar-refractivity contribution in [1.29, 1.82) is 0 Å². The quantitative estimate of drug-likeness (QED) is 0.711. The molecule has 0 spiro atoms. The second-order valence-corrected chi connectivity index (χ2v) is 5.81. The molecule has 0 heterocycles. The number of thioether (sulfide) groups is 1. The van der Waals surface area contributed by atoms with Crippen LogP contribution in [0.1, 0.15) is 12.5 Å². The minimum Gasteiger partial charge on any atom is -0.207 e. The average molecular weight is 312 g/mol. The second kappa shape index (κ2) is 6.77. The van der Waals surface area contributed by atoms with Crippen LogP contribution in [-0.4, -0.2) is 11.6 Å². The third kappa shape index (κ3) is 5.23. The Bertz CT molecular complexity index is 299. The molecule has 0 bridgehead atoms. The van der Waals surface area contributed by atoms with Gasteiger partial charge in [0.1, 0.15) is 5.82 Å². The average Bonchev–Trinajstić information content (AvgIpc) is 2.16. The molecule has 1 atom stereocenters. The Labute approximate surface area is 108 Å². The van der Waals surface area contributed by atoms with Crippen LogP contribution in [-0.2, 0) is 5.75 Å². The molecule has 1 aromatic rings. The molecule has 0 aromatic heterocycles. The lowest BCUT2D eigenvalue weighted by Crippen LogP contribution is -1.99. The van der Waals surface area contributed by atoms with Gasteiger partial charge in [-0.3, -0.25) is 0 Å². The molecule has 0 radical (unpaired) electrons. The Hall–Kier alpha value is 0.270. The van der Waals surface area contributed by atoms with Crippen LogP contribution >= 0.6 is 39.3 Å². The fourth-order valence-corrected chi connectivity index (χ4v) is 2.91. The molecule has 0 amide bonds. The second-order valence-electron chi connectivity index (χ2n) is 3.55. The van der Waals surface area contributed by atoms with E-state index in [2.05, 4.69) is 22.9 Å². The van der Waals surface area contributed by atoms with Crippen LogP contribution < -0.4 is 0 Å². The summed E-state index contributed by atoms with van der Waals surface area (Å²) in [6.45, 7) is 2.11. The van der Waals surface area contributed by atoms with E-state index >= 15 is 0 Å². The Morgan fingerprint density at radius 2 is 2.20 bits per heavy atom. The third-order valence-corrected chi connectivity index (χ3v) is 4.18. The molecule has 0 aliphatic heterocycles. The molecule has 0 aliphatic carbocycles. The SMILES string of the molecule is CC(CCl)CSCc1cc(F)cc(Br)c1. The summed E-state index contributed by atoms with van der Waals surface area (Å²) in [7, 11) is 0. The van der Waals surface area contributed by atoms with Crippen molar-refractivity contribution in [2.75, 3.05) is 11.6 Å². The highest BCUT2D eigenvalue weighted by atomic mass is 79.9. The first-order valence-electron chi connectivity index (χ1n) is 4.70. The first-order valence-corrected chi connectivity index (χ1v) is 7.18. The lowest BCUT2D eigenvalue weighted by Gasteiger charge is -2.07. The highest BCUT2D eigenvalue weighted by Gasteiger charge is 2.02. The van der Waals surface area contributed by atoms with Gasteiger partial charge in [-0.2, -0.15) is 11.8 Å². The predicted octanol–water partition coefficient (Wildman–Crippen LogP) is 4.70. The van der Waals surface area contributed by atoms with E-state index in [9.17, 15) is 4.39 Å². The molecule has 84 valence electrons. The van der Waals surface area contributed by atoms with Crippen LogP contribution in [0.2, 0.25) is 0 Å². The normalized spacial score (nSPS) is 12.8. The van der Waals surface area contributed by atoms with Gasteiger partial charge in [0.05, 0.1) is 0 Å². The van der Waals surface area contributed by atoms with Crippen LogP contribution in [0.25, 0.3) is 0 Å². The molecule has 1 rings (SSSR count). The van der Waals surface area contributed by atoms with Crippen molar-refractivity contribution in [3.63, 3.8) is 0 Å². The monoisotopic (exact) mass is 310 g/mol. The zero-order valence-electron chi connectivity index (χ0n) is 8.47. The molecule has 1 unspecified atom stereocenters. The predicted molar refractivity (Wildman–Crippen MR) is 70.1 cm³/mol. The summed E-state index contributed by atoms with van der Waals surface area (Å²) in [5.74, 6) is 2.84. The van der Waals surface area contributed by atoms with Crippen molar-refractivity contribution in [3.8, 4) is 0 Å².